The minimum atomic E-state index is -4.64. The van der Waals surface area contributed by atoms with Gasteiger partial charge in [-0.15, -0.1) is 0 Å². The highest BCUT2D eigenvalue weighted by Gasteiger charge is 2.36. The van der Waals surface area contributed by atoms with Gasteiger partial charge in [0.1, 0.15) is 0 Å². The van der Waals surface area contributed by atoms with E-state index < -0.39 is 17.8 Å². The minimum Gasteiger partial charge on any atom is -0.427 e. The average Bonchev–Trinajstić information content (AvgIpc) is 2.71. The topological polar surface area (TPSA) is 35.0 Å². The van der Waals surface area contributed by atoms with Crippen molar-refractivity contribution in [3.8, 4) is 10.9 Å². The first-order chi connectivity index (χ1) is 8.36. The molecule has 0 bridgehead atoms. The van der Waals surface area contributed by atoms with Gasteiger partial charge in [0.25, 0.3) is 11.0 Å². The molecule has 18 heavy (non-hydrogen) atoms. The third-order valence-electron chi connectivity index (χ3n) is 1.75. The van der Waals surface area contributed by atoms with E-state index in [4.69, 9.17) is 4.74 Å². The van der Waals surface area contributed by atoms with Crippen LogP contribution in [0.1, 0.15) is 5.82 Å². The number of ether oxygens (including phenoxy) is 1. The molecular formula is C9H3BrF4N2OS. The smallest absolute Gasteiger partial charge is 0.427 e. The van der Waals surface area contributed by atoms with Gasteiger partial charge in [-0.3, -0.25) is 0 Å². The molecule has 2 rings (SSSR count). The lowest BCUT2D eigenvalue weighted by Crippen LogP contribution is -2.06. The van der Waals surface area contributed by atoms with E-state index in [0.29, 0.717) is 16.0 Å². The highest BCUT2D eigenvalue weighted by molar-refractivity contribution is 9.10. The molecule has 0 amide bonds. The number of hydrogen-bond donors (Lipinski definition) is 0. The Hall–Kier alpha value is -1.22. The van der Waals surface area contributed by atoms with Crippen LogP contribution in [-0.2, 0) is 6.18 Å². The fourth-order valence-electron chi connectivity index (χ4n) is 1.02. The second kappa shape index (κ2) is 4.81. The molecule has 0 unspecified atom stereocenters. The van der Waals surface area contributed by atoms with Crippen molar-refractivity contribution in [3.05, 3.63) is 34.3 Å². The van der Waals surface area contributed by atoms with Gasteiger partial charge in [-0.2, -0.15) is 22.5 Å². The fourth-order valence-corrected chi connectivity index (χ4v) is 1.92. The lowest BCUT2D eigenvalue weighted by Gasteiger charge is -2.03. The van der Waals surface area contributed by atoms with E-state index in [1.165, 1.54) is 12.1 Å². The third-order valence-corrected chi connectivity index (χ3v) is 2.84. The van der Waals surface area contributed by atoms with Crippen LogP contribution in [0.4, 0.5) is 17.6 Å². The summed E-state index contributed by atoms with van der Waals surface area (Å²) >= 11 is 3.49. The molecule has 0 radical (unpaired) electrons. The minimum absolute atomic E-state index is 0.228. The van der Waals surface area contributed by atoms with Crippen LogP contribution in [0.3, 0.4) is 0 Å². The predicted molar refractivity (Wildman–Crippen MR) is 59.1 cm³/mol. The second-order valence-corrected chi connectivity index (χ2v) is 4.69. The standard InChI is InChI=1S/C9H3BrF4N2OS/c10-4-1-2-5(11)6(3-4)17-8-15-7(16-18-8)9(12,13)14/h1-3H. The van der Waals surface area contributed by atoms with Crippen LogP contribution in [0.2, 0.25) is 0 Å². The van der Waals surface area contributed by atoms with E-state index in [0.717, 1.165) is 6.07 Å². The molecule has 0 saturated carbocycles. The molecular weight excluding hydrogens is 340 g/mol. The molecule has 3 nitrogen and oxygen atoms in total. The maximum absolute atomic E-state index is 13.3. The van der Waals surface area contributed by atoms with Gasteiger partial charge in [-0.1, -0.05) is 15.9 Å². The van der Waals surface area contributed by atoms with Crippen molar-refractivity contribution in [1.29, 1.82) is 0 Å². The lowest BCUT2D eigenvalue weighted by molar-refractivity contribution is -0.144. The van der Waals surface area contributed by atoms with Crippen LogP contribution in [0.5, 0.6) is 10.9 Å². The van der Waals surface area contributed by atoms with E-state index in [1.807, 2.05) is 0 Å². The summed E-state index contributed by atoms with van der Waals surface area (Å²) in [5.41, 5.74) is 0. The van der Waals surface area contributed by atoms with E-state index in [1.54, 1.807) is 0 Å². The van der Waals surface area contributed by atoms with Gasteiger partial charge in [0, 0.05) is 16.0 Å². The summed E-state index contributed by atoms with van der Waals surface area (Å²) < 4.78 is 58.5. The Labute approximate surface area is 111 Å². The molecule has 0 N–H and O–H groups in total. The first kappa shape index (κ1) is 13.2. The Kier molecular flexibility index (Phi) is 3.53. The van der Waals surface area contributed by atoms with E-state index >= 15 is 0 Å². The SMILES string of the molecule is Fc1ccc(Br)cc1Oc1nc(C(F)(F)F)ns1. The van der Waals surface area contributed by atoms with Crippen molar-refractivity contribution in [1.82, 2.24) is 9.36 Å². The molecule has 1 heterocycles. The summed E-state index contributed by atoms with van der Waals surface area (Å²) in [7, 11) is 0. The first-order valence-electron chi connectivity index (χ1n) is 4.40. The number of nitrogens with zero attached hydrogens (tertiary/aromatic N) is 2. The Morgan fingerprint density at radius 1 is 1.28 bits per heavy atom. The molecule has 0 atom stereocenters. The number of aromatic nitrogens is 2. The molecule has 1 aromatic carbocycles. The molecule has 0 aliphatic heterocycles. The monoisotopic (exact) mass is 342 g/mol. The van der Waals surface area contributed by atoms with Crippen LogP contribution in [-0.4, -0.2) is 9.36 Å². The van der Waals surface area contributed by atoms with Crippen molar-refractivity contribution >= 4 is 27.5 Å². The summed E-state index contributed by atoms with van der Waals surface area (Å²) in [4.78, 5) is 3.13. The molecule has 0 spiro atoms. The highest BCUT2D eigenvalue weighted by Crippen LogP contribution is 2.33. The van der Waals surface area contributed by atoms with Gasteiger partial charge >= 0.3 is 6.18 Å². The Bertz CT molecular complexity index is 572. The molecule has 2 aromatic rings. The van der Waals surface area contributed by atoms with Crippen molar-refractivity contribution in [2.45, 2.75) is 6.18 Å². The zero-order valence-electron chi connectivity index (χ0n) is 8.33. The zero-order chi connectivity index (χ0) is 13.3. The molecule has 0 fully saturated rings. The van der Waals surface area contributed by atoms with Crippen LogP contribution in [0.15, 0.2) is 22.7 Å². The molecule has 0 saturated heterocycles. The lowest BCUT2D eigenvalue weighted by atomic mass is 10.3. The Balaban J connectivity index is 2.24. The Morgan fingerprint density at radius 3 is 2.61 bits per heavy atom. The Morgan fingerprint density at radius 2 is 2.00 bits per heavy atom. The van der Waals surface area contributed by atoms with Gasteiger partial charge in [0.05, 0.1) is 0 Å². The van der Waals surface area contributed by atoms with E-state index in [2.05, 4.69) is 25.3 Å². The number of rotatable bonds is 2. The average molecular weight is 343 g/mol. The van der Waals surface area contributed by atoms with Crippen LogP contribution < -0.4 is 4.74 Å². The number of hydrogen-bond acceptors (Lipinski definition) is 4. The predicted octanol–water partition coefficient (Wildman–Crippen LogP) is 4.25. The summed E-state index contributed by atoms with van der Waals surface area (Å²) in [6.45, 7) is 0. The molecule has 9 heteroatoms. The number of benzene rings is 1. The van der Waals surface area contributed by atoms with Crippen LogP contribution in [0, 0.1) is 5.82 Å². The van der Waals surface area contributed by atoms with Crippen molar-refractivity contribution < 1.29 is 22.3 Å². The number of alkyl halides is 3. The van der Waals surface area contributed by atoms with Crippen molar-refractivity contribution in [2.75, 3.05) is 0 Å². The van der Waals surface area contributed by atoms with Crippen LogP contribution >= 0.6 is 27.5 Å². The van der Waals surface area contributed by atoms with Crippen molar-refractivity contribution in [3.63, 3.8) is 0 Å². The fraction of sp³-hybridized carbons (Fsp3) is 0.111. The van der Waals surface area contributed by atoms with Gasteiger partial charge in [0.2, 0.25) is 0 Å². The zero-order valence-corrected chi connectivity index (χ0v) is 10.7. The van der Waals surface area contributed by atoms with E-state index in [9.17, 15) is 17.6 Å². The summed E-state index contributed by atoms with van der Waals surface area (Å²) in [6.07, 6.45) is -4.64. The maximum Gasteiger partial charge on any atom is 0.452 e. The van der Waals surface area contributed by atoms with Gasteiger partial charge in [-0.25, -0.2) is 4.39 Å². The molecule has 0 aliphatic rings. The second-order valence-electron chi connectivity index (χ2n) is 3.06. The number of halogens is 5. The quantitative estimate of drug-likeness (QED) is 0.765. The van der Waals surface area contributed by atoms with Crippen molar-refractivity contribution in [2.24, 2.45) is 0 Å². The first-order valence-corrected chi connectivity index (χ1v) is 5.97. The van der Waals surface area contributed by atoms with Crippen LogP contribution in [0.25, 0.3) is 0 Å². The summed E-state index contributed by atoms with van der Waals surface area (Å²) in [5.74, 6) is -2.24. The molecule has 1 aromatic heterocycles. The molecule has 96 valence electrons. The highest BCUT2D eigenvalue weighted by atomic mass is 79.9. The summed E-state index contributed by atoms with van der Waals surface area (Å²) in [5, 5.41) is -0.376. The van der Waals surface area contributed by atoms with Gasteiger partial charge < -0.3 is 4.74 Å². The van der Waals surface area contributed by atoms with Gasteiger partial charge in [-0.05, 0) is 18.2 Å². The maximum atomic E-state index is 13.3. The summed E-state index contributed by atoms with van der Waals surface area (Å²) in [6, 6.07) is 3.83. The molecule has 0 aliphatic carbocycles. The third kappa shape index (κ3) is 2.96. The van der Waals surface area contributed by atoms with E-state index in [-0.39, 0.29) is 10.9 Å². The largest absolute Gasteiger partial charge is 0.452 e. The van der Waals surface area contributed by atoms with Gasteiger partial charge in [0.15, 0.2) is 11.6 Å². The normalized spacial score (nSPS) is 11.6.